The van der Waals surface area contributed by atoms with E-state index in [9.17, 15) is 9.90 Å². The van der Waals surface area contributed by atoms with Crippen molar-refractivity contribution in [2.24, 2.45) is 5.92 Å². The monoisotopic (exact) mass is 413 g/mol. The van der Waals surface area contributed by atoms with Crippen molar-refractivity contribution >= 4 is 16.9 Å². The van der Waals surface area contributed by atoms with E-state index in [1.54, 1.807) is 6.07 Å². The van der Waals surface area contributed by atoms with Gasteiger partial charge in [0.05, 0.1) is 17.2 Å². The molecule has 5 heteroatoms. The summed E-state index contributed by atoms with van der Waals surface area (Å²) in [4.78, 5) is 18.7. The van der Waals surface area contributed by atoms with E-state index in [0.29, 0.717) is 11.5 Å². The Bertz CT molecular complexity index is 1220. The Morgan fingerprint density at radius 3 is 2.32 bits per heavy atom. The second kappa shape index (κ2) is 8.36. The molecule has 0 aliphatic carbocycles. The number of hydrogen-bond donors (Lipinski definition) is 1. The minimum Gasteiger partial charge on any atom is -0.478 e. The van der Waals surface area contributed by atoms with Gasteiger partial charge in [-0.1, -0.05) is 50.2 Å². The first-order valence-corrected chi connectivity index (χ1v) is 10.4. The van der Waals surface area contributed by atoms with E-state index in [1.807, 2.05) is 54.9 Å². The number of hydrogen-bond acceptors (Lipinski definition) is 3. The molecule has 0 spiro atoms. The summed E-state index contributed by atoms with van der Waals surface area (Å²) in [7, 11) is 4.10. The lowest BCUT2D eigenvalue weighted by molar-refractivity contribution is 0.0699. The molecule has 0 aliphatic heterocycles. The van der Waals surface area contributed by atoms with E-state index in [2.05, 4.69) is 54.7 Å². The van der Waals surface area contributed by atoms with Crippen LogP contribution in [0.1, 0.15) is 30.4 Å². The molecule has 4 rings (SSSR count). The van der Waals surface area contributed by atoms with Gasteiger partial charge in [0.25, 0.3) is 0 Å². The summed E-state index contributed by atoms with van der Waals surface area (Å²) in [5.41, 5.74) is 5.07. The van der Waals surface area contributed by atoms with Gasteiger partial charge in [-0.15, -0.1) is 0 Å². The molecule has 1 atom stereocenters. The van der Waals surface area contributed by atoms with Gasteiger partial charge < -0.3 is 9.67 Å². The first kappa shape index (κ1) is 20.8. The van der Waals surface area contributed by atoms with Crippen LogP contribution < -0.4 is 0 Å². The molecule has 0 bridgehead atoms. The van der Waals surface area contributed by atoms with Crippen molar-refractivity contribution in [2.45, 2.75) is 20.0 Å². The zero-order chi connectivity index (χ0) is 22.1. The van der Waals surface area contributed by atoms with E-state index in [-0.39, 0.29) is 6.17 Å². The van der Waals surface area contributed by atoms with Gasteiger partial charge in [-0.05, 0) is 43.8 Å². The van der Waals surface area contributed by atoms with Crippen molar-refractivity contribution in [3.8, 4) is 22.3 Å². The summed E-state index contributed by atoms with van der Waals surface area (Å²) in [6.45, 7) is 4.35. The second-order valence-corrected chi connectivity index (χ2v) is 8.40. The summed E-state index contributed by atoms with van der Waals surface area (Å²) < 4.78 is 2.19. The molecule has 2 aromatic carbocycles. The topological polar surface area (TPSA) is 58.4 Å². The Morgan fingerprint density at radius 2 is 1.68 bits per heavy atom. The van der Waals surface area contributed by atoms with E-state index in [1.165, 1.54) is 0 Å². The molecular weight excluding hydrogens is 386 g/mol. The van der Waals surface area contributed by atoms with Crippen LogP contribution in [0.3, 0.4) is 0 Å². The summed E-state index contributed by atoms with van der Waals surface area (Å²) in [6, 6.07) is 17.7. The number of rotatable bonds is 6. The van der Waals surface area contributed by atoms with Gasteiger partial charge in [0.15, 0.2) is 0 Å². The van der Waals surface area contributed by atoms with Crippen LogP contribution in [-0.4, -0.2) is 39.6 Å². The highest BCUT2D eigenvalue weighted by Gasteiger charge is 2.24. The zero-order valence-electron chi connectivity index (χ0n) is 18.3. The van der Waals surface area contributed by atoms with Gasteiger partial charge in [0, 0.05) is 40.7 Å². The maximum Gasteiger partial charge on any atom is 0.336 e. The predicted octanol–water partition coefficient (Wildman–Crippen LogP) is 5.78. The molecule has 2 aromatic heterocycles. The van der Waals surface area contributed by atoms with Gasteiger partial charge in [-0.2, -0.15) is 0 Å². The van der Waals surface area contributed by atoms with Gasteiger partial charge in [-0.25, -0.2) is 4.79 Å². The number of aromatic nitrogens is 2. The molecule has 4 aromatic rings. The van der Waals surface area contributed by atoms with Crippen molar-refractivity contribution in [2.75, 3.05) is 14.1 Å². The number of pyridine rings is 1. The molecule has 0 aliphatic rings. The number of nitrogens with zero attached hydrogens (tertiary/aromatic N) is 3. The van der Waals surface area contributed by atoms with Crippen molar-refractivity contribution in [3.63, 3.8) is 0 Å². The van der Waals surface area contributed by atoms with E-state index < -0.39 is 5.97 Å². The minimum atomic E-state index is -0.928. The fraction of sp³-hybridized carbons (Fsp3) is 0.231. The molecule has 1 unspecified atom stereocenters. The van der Waals surface area contributed by atoms with Crippen molar-refractivity contribution in [1.82, 2.24) is 14.5 Å². The standard InChI is InChI=1S/C26H27N3O2/c1-17(2)25(28(3)4)29-16-22(24-21(26(30)31)11-8-12-23(24)29)20-13-19(14-27-15-20)18-9-6-5-7-10-18/h5-17,25H,1-4H3,(H,30,31). The van der Waals surface area contributed by atoms with E-state index in [0.717, 1.165) is 33.2 Å². The zero-order valence-corrected chi connectivity index (χ0v) is 18.3. The van der Waals surface area contributed by atoms with Crippen LogP contribution in [0.5, 0.6) is 0 Å². The molecular formula is C26H27N3O2. The molecule has 5 nitrogen and oxygen atoms in total. The van der Waals surface area contributed by atoms with Crippen molar-refractivity contribution in [1.29, 1.82) is 0 Å². The summed E-state index contributed by atoms with van der Waals surface area (Å²) >= 11 is 0. The molecule has 158 valence electrons. The Morgan fingerprint density at radius 1 is 0.968 bits per heavy atom. The average molecular weight is 414 g/mol. The summed E-state index contributed by atoms with van der Waals surface area (Å²) in [5, 5.41) is 10.7. The van der Waals surface area contributed by atoms with Crippen LogP contribution in [0.25, 0.3) is 33.2 Å². The molecule has 0 fully saturated rings. The number of benzene rings is 2. The Hall–Kier alpha value is -3.44. The highest BCUT2D eigenvalue weighted by Crippen LogP contribution is 2.37. The SMILES string of the molecule is CC(C)C(N(C)C)n1cc(-c2cncc(-c3ccccc3)c2)c2c(C(=O)O)cccc21. The normalized spacial score (nSPS) is 12.6. The summed E-state index contributed by atoms with van der Waals surface area (Å²) in [6.07, 6.45) is 5.82. The minimum absolute atomic E-state index is 0.0885. The number of carboxylic acids is 1. The highest BCUT2D eigenvalue weighted by atomic mass is 16.4. The highest BCUT2D eigenvalue weighted by molar-refractivity contribution is 6.10. The molecule has 0 saturated heterocycles. The molecule has 0 radical (unpaired) electrons. The summed E-state index contributed by atoms with van der Waals surface area (Å²) in [5.74, 6) is -0.594. The lowest BCUT2D eigenvalue weighted by atomic mass is 9.99. The van der Waals surface area contributed by atoms with Crippen LogP contribution in [0.4, 0.5) is 0 Å². The van der Waals surface area contributed by atoms with Crippen LogP contribution in [0.2, 0.25) is 0 Å². The molecule has 1 N–H and O–H groups in total. The first-order chi connectivity index (χ1) is 14.9. The van der Waals surface area contributed by atoms with Gasteiger partial charge in [0.1, 0.15) is 0 Å². The number of aromatic carboxylic acids is 1. The van der Waals surface area contributed by atoms with E-state index in [4.69, 9.17) is 0 Å². The van der Waals surface area contributed by atoms with Crippen molar-refractivity contribution in [3.05, 3.63) is 78.8 Å². The van der Waals surface area contributed by atoms with Crippen LogP contribution >= 0.6 is 0 Å². The fourth-order valence-corrected chi connectivity index (χ4v) is 4.47. The number of carbonyl (C=O) groups is 1. The average Bonchev–Trinajstić information content (AvgIpc) is 3.13. The third kappa shape index (κ3) is 3.84. The Labute approximate surface area is 182 Å². The maximum absolute atomic E-state index is 12.1. The van der Waals surface area contributed by atoms with Crippen LogP contribution in [0.15, 0.2) is 73.2 Å². The third-order valence-corrected chi connectivity index (χ3v) is 5.66. The van der Waals surface area contributed by atoms with Crippen molar-refractivity contribution < 1.29 is 9.90 Å². The third-order valence-electron chi connectivity index (χ3n) is 5.66. The lowest BCUT2D eigenvalue weighted by Gasteiger charge is -2.30. The first-order valence-electron chi connectivity index (χ1n) is 10.4. The van der Waals surface area contributed by atoms with Gasteiger partial charge in [-0.3, -0.25) is 9.88 Å². The predicted molar refractivity (Wildman–Crippen MR) is 125 cm³/mol. The number of fused-ring (bicyclic) bond motifs is 1. The van der Waals surface area contributed by atoms with Crippen LogP contribution in [-0.2, 0) is 0 Å². The Kier molecular flexibility index (Phi) is 5.61. The smallest absolute Gasteiger partial charge is 0.336 e. The fourth-order valence-electron chi connectivity index (χ4n) is 4.47. The molecule has 0 saturated carbocycles. The Balaban J connectivity index is 2.00. The molecule has 2 heterocycles. The van der Waals surface area contributed by atoms with Crippen LogP contribution in [0, 0.1) is 5.92 Å². The quantitative estimate of drug-likeness (QED) is 0.435. The molecule has 0 amide bonds. The second-order valence-electron chi connectivity index (χ2n) is 8.40. The molecule has 31 heavy (non-hydrogen) atoms. The lowest BCUT2D eigenvalue weighted by Crippen LogP contribution is -2.29. The largest absolute Gasteiger partial charge is 0.478 e. The maximum atomic E-state index is 12.1. The van der Waals surface area contributed by atoms with Gasteiger partial charge in [0.2, 0.25) is 0 Å². The number of carboxylic acid groups (broad SMARTS) is 1. The van der Waals surface area contributed by atoms with Gasteiger partial charge >= 0.3 is 5.97 Å². The van der Waals surface area contributed by atoms with E-state index >= 15 is 0 Å².